The van der Waals surface area contributed by atoms with Gasteiger partial charge in [0.2, 0.25) is 0 Å². The molecular weight excluding hydrogens is 306 g/mol. The lowest BCUT2D eigenvalue weighted by Gasteiger charge is -2.12. The summed E-state index contributed by atoms with van der Waals surface area (Å²) in [6, 6.07) is 9.75. The molecule has 4 nitrogen and oxygen atoms in total. The number of benzene rings is 1. The maximum atomic E-state index is 5.87. The van der Waals surface area contributed by atoms with Crippen molar-refractivity contribution in [1.29, 1.82) is 0 Å². The molecule has 0 bridgehead atoms. The van der Waals surface area contributed by atoms with Gasteiger partial charge in [-0.15, -0.1) is 0 Å². The number of hydrogen-bond donors (Lipinski definition) is 2. The highest BCUT2D eigenvalue weighted by Gasteiger charge is 2.05. The van der Waals surface area contributed by atoms with Gasteiger partial charge in [0, 0.05) is 22.3 Å². The van der Waals surface area contributed by atoms with Crippen molar-refractivity contribution < 1.29 is 4.74 Å². The number of methoxy groups -OCH3 is 1. The maximum Gasteiger partial charge on any atom is 0.147 e. The summed E-state index contributed by atoms with van der Waals surface area (Å²) in [5.74, 6) is 1.35. The third kappa shape index (κ3) is 3.38. The molecule has 0 saturated carbocycles. The highest BCUT2D eigenvalue weighted by molar-refractivity contribution is 9.10. The number of nitrogens with two attached hydrogens (primary N) is 1. The third-order valence-corrected chi connectivity index (χ3v) is 3.27. The van der Waals surface area contributed by atoms with Crippen LogP contribution in [0.25, 0.3) is 0 Å². The summed E-state index contributed by atoms with van der Waals surface area (Å²) >= 11 is 3.46. The lowest BCUT2D eigenvalue weighted by molar-refractivity contribution is 0.410. The van der Waals surface area contributed by atoms with E-state index >= 15 is 0 Å². The molecule has 0 spiro atoms. The first-order valence-corrected chi connectivity index (χ1v) is 6.69. The van der Waals surface area contributed by atoms with Gasteiger partial charge in [-0.2, -0.15) is 0 Å². The summed E-state index contributed by atoms with van der Waals surface area (Å²) in [5.41, 5.74) is 8.66. The molecule has 1 aromatic heterocycles. The molecule has 2 aromatic rings. The number of pyridine rings is 1. The molecular formula is C14H16BrN3O. The Labute approximate surface area is 121 Å². The van der Waals surface area contributed by atoms with E-state index in [-0.39, 0.29) is 0 Å². The first-order valence-electron chi connectivity index (χ1n) is 5.89. The summed E-state index contributed by atoms with van der Waals surface area (Å²) < 4.78 is 6.34. The molecule has 0 atom stereocenters. The van der Waals surface area contributed by atoms with E-state index in [0.717, 1.165) is 27.2 Å². The number of nitrogens with one attached hydrogen (secondary N) is 1. The van der Waals surface area contributed by atoms with Gasteiger partial charge < -0.3 is 15.8 Å². The Balaban J connectivity index is 2.16. The molecule has 0 saturated heterocycles. The highest BCUT2D eigenvalue weighted by atomic mass is 79.9. The second kappa shape index (κ2) is 5.93. The minimum absolute atomic E-state index is 0.508. The Hall–Kier alpha value is -1.75. The molecule has 0 amide bonds. The SMILES string of the molecule is COc1ccc(Br)cc1CNc1ccc(C)nc1N. The zero-order valence-electron chi connectivity index (χ0n) is 10.9. The summed E-state index contributed by atoms with van der Waals surface area (Å²) in [4.78, 5) is 4.22. The van der Waals surface area contributed by atoms with Crippen LogP contribution in [0.5, 0.6) is 5.75 Å². The number of nitrogen functional groups attached to an aromatic ring is 1. The smallest absolute Gasteiger partial charge is 0.147 e. The fraction of sp³-hybridized carbons (Fsp3) is 0.214. The van der Waals surface area contributed by atoms with E-state index in [1.54, 1.807) is 7.11 Å². The van der Waals surface area contributed by atoms with E-state index in [4.69, 9.17) is 10.5 Å². The lowest BCUT2D eigenvalue weighted by Crippen LogP contribution is -2.05. The minimum Gasteiger partial charge on any atom is -0.496 e. The Morgan fingerprint density at radius 1 is 1.32 bits per heavy atom. The van der Waals surface area contributed by atoms with Crippen LogP contribution in [0.15, 0.2) is 34.8 Å². The predicted octanol–water partition coefficient (Wildman–Crippen LogP) is 3.36. The summed E-state index contributed by atoms with van der Waals surface area (Å²) in [7, 11) is 1.66. The van der Waals surface area contributed by atoms with E-state index in [1.807, 2.05) is 37.3 Å². The monoisotopic (exact) mass is 321 g/mol. The zero-order chi connectivity index (χ0) is 13.8. The van der Waals surface area contributed by atoms with Crippen LogP contribution >= 0.6 is 15.9 Å². The van der Waals surface area contributed by atoms with Gasteiger partial charge in [-0.05, 0) is 37.3 Å². The Morgan fingerprint density at radius 3 is 2.79 bits per heavy atom. The number of aromatic nitrogens is 1. The fourth-order valence-corrected chi connectivity index (χ4v) is 2.21. The number of nitrogens with zero attached hydrogens (tertiary/aromatic N) is 1. The van der Waals surface area contributed by atoms with E-state index in [2.05, 4.69) is 26.2 Å². The number of rotatable bonds is 4. The quantitative estimate of drug-likeness (QED) is 0.906. The normalized spacial score (nSPS) is 10.3. The third-order valence-electron chi connectivity index (χ3n) is 2.78. The lowest BCUT2D eigenvalue weighted by atomic mass is 10.2. The van der Waals surface area contributed by atoms with Crippen molar-refractivity contribution in [2.24, 2.45) is 0 Å². The van der Waals surface area contributed by atoms with Gasteiger partial charge in [0.25, 0.3) is 0 Å². The standard InChI is InChI=1S/C14H16BrN3O/c1-9-3-5-12(14(16)18-9)17-8-10-7-11(15)4-6-13(10)19-2/h3-7,17H,8H2,1-2H3,(H2,16,18). The molecule has 0 fully saturated rings. The second-order valence-electron chi connectivity index (χ2n) is 4.20. The number of anilines is 2. The zero-order valence-corrected chi connectivity index (χ0v) is 12.5. The molecule has 3 N–H and O–H groups in total. The van der Waals surface area contributed by atoms with Crippen LogP contribution in [0.3, 0.4) is 0 Å². The van der Waals surface area contributed by atoms with E-state index < -0.39 is 0 Å². The van der Waals surface area contributed by atoms with Crippen molar-refractivity contribution >= 4 is 27.4 Å². The van der Waals surface area contributed by atoms with E-state index in [0.29, 0.717) is 12.4 Å². The van der Waals surface area contributed by atoms with Crippen molar-refractivity contribution in [3.8, 4) is 5.75 Å². The van der Waals surface area contributed by atoms with Crippen LogP contribution < -0.4 is 15.8 Å². The second-order valence-corrected chi connectivity index (χ2v) is 5.11. The van der Waals surface area contributed by atoms with Crippen molar-refractivity contribution in [2.75, 3.05) is 18.2 Å². The van der Waals surface area contributed by atoms with Crippen LogP contribution in [0.1, 0.15) is 11.3 Å². The molecule has 0 unspecified atom stereocenters. The van der Waals surface area contributed by atoms with Gasteiger partial charge in [0.15, 0.2) is 0 Å². The molecule has 2 rings (SSSR count). The first kappa shape index (κ1) is 13.7. The summed E-state index contributed by atoms with van der Waals surface area (Å²) in [5, 5.41) is 3.27. The van der Waals surface area contributed by atoms with Gasteiger partial charge in [-0.3, -0.25) is 0 Å². The predicted molar refractivity (Wildman–Crippen MR) is 81.4 cm³/mol. The van der Waals surface area contributed by atoms with Crippen LogP contribution in [-0.2, 0) is 6.54 Å². The Kier molecular flexibility index (Phi) is 4.27. The number of ether oxygens (including phenoxy) is 1. The molecule has 0 aliphatic rings. The average molecular weight is 322 g/mol. The topological polar surface area (TPSA) is 60.2 Å². The van der Waals surface area contributed by atoms with E-state index in [9.17, 15) is 0 Å². The Morgan fingerprint density at radius 2 is 2.11 bits per heavy atom. The number of halogens is 1. The summed E-state index contributed by atoms with van der Waals surface area (Å²) in [6.07, 6.45) is 0. The van der Waals surface area contributed by atoms with Crippen LogP contribution in [-0.4, -0.2) is 12.1 Å². The first-order chi connectivity index (χ1) is 9.10. The molecule has 0 aliphatic carbocycles. The van der Waals surface area contributed by atoms with Crippen molar-refractivity contribution in [1.82, 2.24) is 4.98 Å². The van der Waals surface area contributed by atoms with Gasteiger partial charge in [0.05, 0.1) is 12.8 Å². The molecule has 19 heavy (non-hydrogen) atoms. The van der Waals surface area contributed by atoms with Crippen molar-refractivity contribution in [2.45, 2.75) is 13.5 Å². The fourth-order valence-electron chi connectivity index (χ4n) is 1.80. The van der Waals surface area contributed by atoms with Gasteiger partial charge in [-0.25, -0.2) is 4.98 Å². The van der Waals surface area contributed by atoms with E-state index in [1.165, 1.54) is 0 Å². The maximum absolute atomic E-state index is 5.87. The molecule has 1 aromatic carbocycles. The Bertz CT molecular complexity index is 587. The van der Waals surface area contributed by atoms with Crippen LogP contribution in [0, 0.1) is 6.92 Å². The van der Waals surface area contributed by atoms with Crippen molar-refractivity contribution in [3.05, 3.63) is 46.1 Å². The van der Waals surface area contributed by atoms with Gasteiger partial charge in [-0.1, -0.05) is 15.9 Å². The summed E-state index contributed by atoms with van der Waals surface area (Å²) in [6.45, 7) is 2.54. The molecule has 0 radical (unpaired) electrons. The van der Waals surface area contributed by atoms with Crippen molar-refractivity contribution in [3.63, 3.8) is 0 Å². The number of hydrogen-bond acceptors (Lipinski definition) is 4. The molecule has 5 heteroatoms. The van der Waals surface area contributed by atoms with Crippen LogP contribution in [0.2, 0.25) is 0 Å². The number of aryl methyl sites for hydroxylation is 1. The van der Waals surface area contributed by atoms with Gasteiger partial charge >= 0.3 is 0 Å². The molecule has 100 valence electrons. The molecule has 1 heterocycles. The average Bonchev–Trinajstić information content (AvgIpc) is 2.38. The largest absolute Gasteiger partial charge is 0.496 e. The molecule has 0 aliphatic heterocycles. The van der Waals surface area contributed by atoms with Crippen LogP contribution in [0.4, 0.5) is 11.5 Å². The minimum atomic E-state index is 0.508. The van der Waals surface area contributed by atoms with Gasteiger partial charge in [0.1, 0.15) is 11.6 Å². The highest BCUT2D eigenvalue weighted by Crippen LogP contribution is 2.25.